The Morgan fingerprint density at radius 1 is 0.964 bits per heavy atom. The van der Waals surface area contributed by atoms with Crippen LogP contribution in [0.1, 0.15) is 11.1 Å². The minimum Gasteiger partial charge on any atom is -0.326 e. The molecular weight excluding hydrogens is 350 g/mol. The van der Waals surface area contributed by atoms with Crippen LogP contribution in [-0.2, 0) is 11.2 Å². The van der Waals surface area contributed by atoms with Crippen molar-refractivity contribution in [3.8, 4) is 11.3 Å². The molecule has 0 atom stereocenters. The molecule has 0 unspecified atom stereocenters. The second-order valence-corrected chi connectivity index (χ2v) is 6.74. The molecule has 1 amide bonds. The van der Waals surface area contributed by atoms with Crippen molar-refractivity contribution in [3.63, 3.8) is 0 Å². The van der Waals surface area contributed by atoms with E-state index in [1.165, 1.54) is 0 Å². The molecule has 1 aromatic heterocycles. The summed E-state index contributed by atoms with van der Waals surface area (Å²) in [4.78, 5) is 24.4. The number of fused-ring (bicyclic) bond motifs is 1. The maximum absolute atomic E-state index is 12.4. The average molecular weight is 369 g/mol. The first kappa shape index (κ1) is 17.7. The third-order valence-corrected chi connectivity index (χ3v) is 4.56. The van der Waals surface area contributed by atoms with E-state index >= 15 is 0 Å². The van der Waals surface area contributed by atoms with Crippen LogP contribution in [0, 0.1) is 6.92 Å². The van der Waals surface area contributed by atoms with Gasteiger partial charge in [0.15, 0.2) is 0 Å². The zero-order valence-electron chi connectivity index (χ0n) is 15.4. The zero-order valence-corrected chi connectivity index (χ0v) is 15.4. The number of aromatic amines is 1. The van der Waals surface area contributed by atoms with Gasteiger partial charge in [0.1, 0.15) is 0 Å². The van der Waals surface area contributed by atoms with Gasteiger partial charge < -0.3 is 5.32 Å². The van der Waals surface area contributed by atoms with Gasteiger partial charge in [-0.2, -0.15) is 5.10 Å². The Balaban J connectivity index is 1.61. The van der Waals surface area contributed by atoms with Crippen molar-refractivity contribution in [2.45, 2.75) is 13.3 Å². The van der Waals surface area contributed by atoms with Crippen molar-refractivity contribution in [1.82, 2.24) is 10.2 Å². The molecule has 0 aliphatic rings. The number of aromatic nitrogens is 2. The molecule has 1 heterocycles. The maximum atomic E-state index is 12.4. The van der Waals surface area contributed by atoms with E-state index in [-0.39, 0.29) is 11.5 Å². The highest BCUT2D eigenvalue weighted by atomic mass is 16.1. The van der Waals surface area contributed by atoms with E-state index in [9.17, 15) is 9.59 Å². The van der Waals surface area contributed by atoms with Gasteiger partial charge in [-0.1, -0.05) is 60.2 Å². The van der Waals surface area contributed by atoms with Crippen LogP contribution in [0.3, 0.4) is 0 Å². The molecule has 2 N–H and O–H groups in total. The van der Waals surface area contributed by atoms with E-state index in [4.69, 9.17) is 0 Å². The monoisotopic (exact) mass is 369 g/mol. The van der Waals surface area contributed by atoms with Crippen molar-refractivity contribution in [2.24, 2.45) is 0 Å². The van der Waals surface area contributed by atoms with Crippen LogP contribution < -0.4 is 10.9 Å². The molecule has 138 valence electrons. The lowest BCUT2D eigenvalue weighted by Gasteiger charge is -2.09. The van der Waals surface area contributed by atoms with E-state index in [1.54, 1.807) is 6.07 Å². The summed E-state index contributed by atoms with van der Waals surface area (Å²) in [5, 5.41) is 11.1. The summed E-state index contributed by atoms with van der Waals surface area (Å²) in [6.45, 7) is 2.01. The summed E-state index contributed by atoms with van der Waals surface area (Å²) in [5.74, 6) is -0.0814. The van der Waals surface area contributed by atoms with Gasteiger partial charge in [0.25, 0.3) is 5.56 Å². The lowest BCUT2D eigenvalue weighted by Crippen LogP contribution is -2.14. The van der Waals surface area contributed by atoms with Crippen molar-refractivity contribution in [3.05, 3.63) is 94.3 Å². The van der Waals surface area contributed by atoms with E-state index in [0.717, 1.165) is 22.1 Å². The second-order valence-electron chi connectivity index (χ2n) is 6.74. The molecule has 4 aromatic rings. The SMILES string of the molecule is Cc1cccc(CC(=O)Nc2cccc(-c3n[nH]c(=O)c4ccccc34)c2)c1. The van der Waals surface area contributed by atoms with Crippen LogP contribution in [0.25, 0.3) is 22.0 Å². The number of aryl methyl sites for hydroxylation is 1. The first-order valence-corrected chi connectivity index (χ1v) is 9.03. The number of rotatable bonds is 4. The normalized spacial score (nSPS) is 10.8. The topological polar surface area (TPSA) is 74.8 Å². The molecule has 0 bridgehead atoms. The Kier molecular flexibility index (Phi) is 4.72. The number of carbonyl (C=O) groups excluding carboxylic acids is 1. The molecule has 4 rings (SSSR count). The minimum atomic E-state index is -0.220. The van der Waals surface area contributed by atoms with Crippen molar-refractivity contribution < 1.29 is 4.79 Å². The van der Waals surface area contributed by atoms with E-state index in [1.807, 2.05) is 73.7 Å². The Bertz CT molecular complexity index is 1230. The number of H-pyrrole nitrogens is 1. The smallest absolute Gasteiger partial charge is 0.272 e. The predicted molar refractivity (Wildman–Crippen MR) is 111 cm³/mol. The van der Waals surface area contributed by atoms with Gasteiger partial charge >= 0.3 is 0 Å². The third-order valence-electron chi connectivity index (χ3n) is 4.56. The zero-order chi connectivity index (χ0) is 19.5. The molecule has 0 radical (unpaired) electrons. The quantitative estimate of drug-likeness (QED) is 0.569. The highest BCUT2D eigenvalue weighted by Gasteiger charge is 2.10. The molecule has 5 nitrogen and oxygen atoms in total. The standard InChI is InChI=1S/C23H19N3O2/c1-15-6-4-7-16(12-15)13-21(27)24-18-9-5-8-17(14-18)22-19-10-2-3-11-20(19)23(28)26-25-22/h2-12,14H,13H2,1H3,(H,24,27)(H,26,28). The maximum Gasteiger partial charge on any atom is 0.272 e. The number of hydrogen-bond donors (Lipinski definition) is 2. The van der Waals surface area contributed by atoms with Gasteiger partial charge in [0.05, 0.1) is 17.5 Å². The molecule has 0 saturated heterocycles. The van der Waals surface area contributed by atoms with Crippen molar-refractivity contribution >= 4 is 22.4 Å². The van der Waals surface area contributed by atoms with E-state index in [2.05, 4.69) is 15.5 Å². The molecule has 0 aliphatic heterocycles. The number of anilines is 1. The van der Waals surface area contributed by atoms with E-state index in [0.29, 0.717) is 23.2 Å². The fraction of sp³-hybridized carbons (Fsp3) is 0.0870. The molecule has 5 heteroatoms. The summed E-state index contributed by atoms with van der Waals surface area (Å²) in [5.41, 5.74) is 4.06. The first-order valence-electron chi connectivity index (χ1n) is 9.03. The van der Waals surface area contributed by atoms with Crippen LogP contribution in [-0.4, -0.2) is 16.1 Å². The Hall–Kier alpha value is -3.73. The van der Waals surface area contributed by atoms with Gasteiger partial charge in [-0.15, -0.1) is 0 Å². The number of nitrogens with zero attached hydrogens (tertiary/aromatic N) is 1. The van der Waals surface area contributed by atoms with Crippen LogP contribution >= 0.6 is 0 Å². The van der Waals surface area contributed by atoms with Gasteiger partial charge in [-0.05, 0) is 30.7 Å². The Labute approximate surface area is 162 Å². The summed E-state index contributed by atoms with van der Waals surface area (Å²) < 4.78 is 0. The average Bonchev–Trinajstić information content (AvgIpc) is 2.68. The lowest BCUT2D eigenvalue weighted by molar-refractivity contribution is -0.115. The minimum absolute atomic E-state index is 0.0814. The van der Waals surface area contributed by atoms with Gasteiger partial charge in [-0.25, -0.2) is 5.10 Å². The number of nitrogens with one attached hydrogen (secondary N) is 2. The Morgan fingerprint density at radius 2 is 1.75 bits per heavy atom. The molecule has 0 fully saturated rings. The summed E-state index contributed by atoms with van der Waals surface area (Å²) >= 11 is 0. The van der Waals surface area contributed by atoms with Gasteiger partial charge in [0.2, 0.25) is 5.91 Å². The summed E-state index contributed by atoms with van der Waals surface area (Å²) in [6, 6.07) is 22.7. The van der Waals surface area contributed by atoms with Crippen LogP contribution in [0.2, 0.25) is 0 Å². The number of hydrogen-bond acceptors (Lipinski definition) is 3. The fourth-order valence-corrected chi connectivity index (χ4v) is 3.29. The summed E-state index contributed by atoms with van der Waals surface area (Å²) in [6.07, 6.45) is 0.311. The van der Waals surface area contributed by atoms with Crippen molar-refractivity contribution in [1.29, 1.82) is 0 Å². The third kappa shape index (κ3) is 3.69. The van der Waals surface area contributed by atoms with Crippen LogP contribution in [0.15, 0.2) is 77.6 Å². The molecule has 0 aliphatic carbocycles. The van der Waals surface area contributed by atoms with Crippen LogP contribution in [0.4, 0.5) is 5.69 Å². The lowest BCUT2D eigenvalue weighted by atomic mass is 10.0. The highest BCUT2D eigenvalue weighted by molar-refractivity contribution is 5.96. The van der Waals surface area contributed by atoms with Gasteiger partial charge in [0, 0.05) is 16.6 Å². The second kappa shape index (κ2) is 7.48. The molecule has 0 spiro atoms. The predicted octanol–water partition coefficient (Wildman–Crippen LogP) is 4.08. The largest absolute Gasteiger partial charge is 0.326 e. The highest BCUT2D eigenvalue weighted by Crippen LogP contribution is 2.26. The van der Waals surface area contributed by atoms with Gasteiger partial charge in [-0.3, -0.25) is 9.59 Å². The van der Waals surface area contributed by atoms with E-state index < -0.39 is 0 Å². The number of amides is 1. The molecule has 28 heavy (non-hydrogen) atoms. The van der Waals surface area contributed by atoms with Crippen LogP contribution in [0.5, 0.6) is 0 Å². The number of benzene rings is 3. The Morgan fingerprint density at radius 3 is 2.57 bits per heavy atom. The molecule has 3 aromatic carbocycles. The summed E-state index contributed by atoms with van der Waals surface area (Å²) in [7, 11) is 0. The molecular formula is C23H19N3O2. The fourth-order valence-electron chi connectivity index (χ4n) is 3.29. The van der Waals surface area contributed by atoms with Crippen molar-refractivity contribution in [2.75, 3.05) is 5.32 Å². The molecule has 0 saturated carbocycles. The number of carbonyl (C=O) groups is 1. The first-order chi connectivity index (χ1) is 13.6.